The van der Waals surface area contributed by atoms with Crippen LogP contribution in [0.3, 0.4) is 0 Å². The molecule has 0 aliphatic heterocycles. The topological polar surface area (TPSA) is 0 Å². The molecule has 0 aromatic heterocycles. The van der Waals surface area contributed by atoms with Crippen LogP contribution in [0.1, 0.15) is 22.3 Å². The molecule has 5 rings (SSSR count). The quantitative estimate of drug-likeness (QED) is 0.0748. The van der Waals surface area contributed by atoms with Crippen LogP contribution in [-0.2, 0) is 18.5 Å². The SMILES string of the molecule is Cc1cc(-c2c3c(F)c(F)c(F)c(F)c3c(-c3cc(C(F)(F)F)cc(C(F)(F)F)c3)c3c(F)c(F)c(F)c(F)c23)cc(C(F)(F)F)c1. The van der Waals surface area contributed by atoms with Crippen molar-refractivity contribution in [3.8, 4) is 22.3 Å². The zero-order valence-corrected chi connectivity index (χ0v) is 22.4. The van der Waals surface area contributed by atoms with Crippen LogP contribution in [0.15, 0.2) is 36.4 Å². The highest BCUT2D eigenvalue weighted by Crippen LogP contribution is 2.51. The van der Waals surface area contributed by atoms with Gasteiger partial charge < -0.3 is 0 Å². The largest absolute Gasteiger partial charge is 0.416 e. The van der Waals surface area contributed by atoms with E-state index in [1.165, 1.54) is 0 Å². The van der Waals surface area contributed by atoms with Gasteiger partial charge in [-0.3, -0.25) is 0 Å². The van der Waals surface area contributed by atoms with Gasteiger partial charge in [0.25, 0.3) is 0 Å². The lowest BCUT2D eigenvalue weighted by atomic mass is 9.83. The number of hydrogen-bond acceptors (Lipinski definition) is 0. The smallest absolute Gasteiger partial charge is 0.203 e. The van der Waals surface area contributed by atoms with Crippen molar-refractivity contribution in [2.24, 2.45) is 0 Å². The van der Waals surface area contributed by atoms with Crippen LogP contribution in [0, 0.1) is 53.5 Å². The van der Waals surface area contributed by atoms with Crippen LogP contribution in [0.2, 0.25) is 0 Å². The second-order valence-corrected chi connectivity index (χ2v) is 10.1. The average molecular weight is 692 g/mol. The highest BCUT2D eigenvalue weighted by atomic mass is 19.4. The van der Waals surface area contributed by atoms with Gasteiger partial charge in [0.1, 0.15) is 0 Å². The summed E-state index contributed by atoms with van der Waals surface area (Å²) in [6.07, 6.45) is -16.6. The maximum atomic E-state index is 15.6. The number of hydrogen-bond donors (Lipinski definition) is 0. The van der Waals surface area contributed by atoms with E-state index in [-0.39, 0.29) is 18.2 Å². The lowest BCUT2D eigenvalue weighted by molar-refractivity contribution is -0.143. The van der Waals surface area contributed by atoms with E-state index >= 15 is 17.6 Å². The number of rotatable bonds is 2. The summed E-state index contributed by atoms with van der Waals surface area (Å²) in [5.74, 6) is -21.7. The molecule has 17 heteroatoms. The van der Waals surface area contributed by atoms with Crippen LogP contribution < -0.4 is 0 Å². The summed E-state index contributed by atoms with van der Waals surface area (Å²) in [6, 6.07) is 0.0972. The normalized spacial score (nSPS) is 12.9. The van der Waals surface area contributed by atoms with Crippen molar-refractivity contribution in [1.82, 2.24) is 0 Å². The van der Waals surface area contributed by atoms with Crippen LogP contribution in [0.5, 0.6) is 0 Å². The molecule has 0 aliphatic rings. The zero-order chi connectivity index (χ0) is 35.3. The summed E-state index contributed by atoms with van der Waals surface area (Å²) in [5.41, 5.74) is -12.7. The fourth-order valence-corrected chi connectivity index (χ4v) is 5.22. The number of fused-ring (bicyclic) bond motifs is 2. The van der Waals surface area contributed by atoms with E-state index in [1.54, 1.807) is 0 Å². The molecule has 0 saturated heterocycles. The standard InChI is InChI=1S/C30H9F17/c1-8-2-9(4-11(3-8)28(39,40)41)14-16-18(22(33)26(37)24(35)20(16)31)15(19-17(14)21(32)25(36)27(38)23(19)34)10-5-12(29(42,43)44)7-13(6-10)30(45,46)47/h2-7H,1H3. The lowest BCUT2D eigenvalue weighted by Gasteiger charge is -2.22. The average Bonchev–Trinajstić information content (AvgIpc) is 2.97. The Kier molecular flexibility index (Phi) is 7.72. The Morgan fingerprint density at radius 1 is 0.340 bits per heavy atom. The van der Waals surface area contributed by atoms with Crippen molar-refractivity contribution in [1.29, 1.82) is 0 Å². The third-order valence-corrected chi connectivity index (χ3v) is 7.10. The van der Waals surface area contributed by atoms with Gasteiger partial charge in [-0.05, 0) is 53.9 Å². The molecule has 47 heavy (non-hydrogen) atoms. The van der Waals surface area contributed by atoms with E-state index in [0.29, 0.717) is 12.1 Å². The Morgan fingerprint density at radius 2 is 0.596 bits per heavy atom. The highest BCUT2D eigenvalue weighted by molar-refractivity contribution is 6.22. The number of alkyl halides is 9. The molecule has 0 spiro atoms. The van der Waals surface area contributed by atoms with Gasteiger partial charge in [-0.1, -0.05) is 6.07 Å². The van der Waals surface area contributed by atoms with Crippen LogP contribution in [0.4, 0.5) is 74.6 Å². The fourth-order valence-electron chi connectivity index (χ4n) is 5.22. The Labute approximate surface area is 249 Å². The van der Waals surface area contributed by atoms with Gasteiger partial charge in [0.2, 0.25) is 0 Å². The predicted octanol–water partition coefficient (Wildman–Crippen LogP) is 11.8. The van der Waals surface area contributed by atoms with Crippen molar-refractivity contribution in [3.05, 3.63) is 105 Å². The third-order valence-electron chi connectivity index (χ3n) is 7.10. The molecule has 0 unspecified atom stereocenters. The van der Waals surface area contributed by atoms with E-state index in [1.807, 2.05) is 0 Å². The molecule has 5 aromatic carbocycles. The van der Waals surface area contributed by atoms with Crippen LogP contribution in [-0.4, -0.2) is 0 Å². The molecule has 0 saturated carbocycles. The summed E-state index contributed by atoms with van der Waals surface area (Å²) < 4.78 is 245. The van der Waals surface area contributed by atoms with Gasteiger partial charge >= 0.3 is 18.5 Å². The van der Waals surface area contributed by atoms with Crippen molar-refractivity contribution < 1.29 is 74.6 Å². The van der Waals surface area contributed by atoms with Gasteiger partial charge in [-0.15, -0.1) is 0 Å². The summed E-state index contributed by atoms with van der Waals surface area (Å²) in [4.78, 5) is 0. The van der Waals surface area contributed by atoms with E-state index in [4.69, 9.17) is 0 Å². The first-order chi connectivity index (χ1) is 21.5. The molecule has 5 aromatic rings. The first-order valence-corrected chi connectivity index (χ1v) is 12.4. The number of benzene rings is 5. The van der Waals surface area contributed by atoms with Crippen molar-refractivity contribution in [2.45, 2.75) is 25.5 Å². The number of halogens is 17. The highest BCUT2D eigenvalue weighted by Gasteiger charge is 2.40. The summed E-state index contributed by atoms with van der Waals surface area (Å²) in [6.45, 7) is 0.952. The maximum absolute atomic E-state index is 15.6. The molecule has 248 valence electrons. The predicted molar refractivity (Wildman–Crippen MR) is 132 cm³/mol. The molecular formula is C30H9F17. The van der Waals surface area contributed by atoms with Gasteiger partial charge in [0, 0.05) is 32.7 Å². The molecule has 0 atom stereocenters. The van der Waals surface area contributed by atoms with Gasteiger partial charge in [-0.2, -0.15) is 39.5 Å². The molecule has 0 bridgehead atoms. The third kappa shape index (κ3) is 5.38. The summed E-state index contributed by atoms with van der Waals surface area (Å²) in [5, 5.41) is -7.62. The van der Waals surface area contributed by atoms with E-state index in [2.05, 4.69) is 0 Å². The van der Waals surface area contributed by atoms with E-state index < -0.39 is 137 Å². The van der Waals surface area contributed by atoms with E-state index in [0.717, 1.165) is 6.92 Å². The van der Waals surface area contributed by atoms with Gasteiger partial charge in [-0.25, -0.2) is 35.1 Å². The minimum atomic E-state index is -5.68. The zero-order valence-electron chi connectivity index (χ0n) is 22.4. The monoisotopic (exact) mass is 692 g/mol. The molecule has 0 radical (unpaired) electrons. The Morgan fingerprint density at radius 3 is 0.872 bits per heavy atom. The molecule has 0 fully saturated rings. The van der Waals surface area contributed by atoms with Gasteiger partial charge in [0.05, 0.1) is 16.7 Å². The molecule has 0 amide bonds. The fraction of sp³-hybridized carbons (Fsp3) is 0.133. The minimum absolute atomic E-state index is 0.0597. The molecule has 0 N–H and O–H groups in total. The first kappa shape index (κ1) is 33.8. The summed E-state index contributed by atoms with van der Waals surface area (Å²) >= 11 is 0. The van der Waals surface area contributed by atoms with Crippen LogP contribution in [0.25, 0.3) is 43.8 Å². The molecule has 0 aliphatic carbocycles. The second kappa shape index (κ2) is 10.7. The Balaban J connectivity index is 2.22. The Bertz CT molecular complexity index is 2020. The molecule has 0 nitrogen and oxygen atoms in total. The summed E-state index contributed by atoms with van der Waals surface area (Å²) in [7, 11) is 0. The maximum Gasteiger partial charge on any atom is 0.416 e. The van der Waals surface area contributed by atoms with Crippen molar-refractivity contribution in [3.63, 3.8) is 0 Å². The number of aryl methyl sites for hydroxylation is 1. The molecular weight excluding hydrogens is 683 g/mol. The Hall–Kier alpha value is -4.57. The van der Waals surface area contributed by atoms with Crippen molar-refractivity contribution >= 4 is 21.5 Å². The first-order valence-electron chi connectivity index (χ1n) is 12.4. The van der Waals surface area contributed by atoms with E-state index in [9.17, 15) is 57.1 Å². The van der Waals surface area contributed by atoms with Gasteiger partial charge in [0.15, 0.2) is 46.5 Å². The van der Waals surface area contributed by atoms with Crippen molar-refractivity contribution in [2.75, 3.05) is 0 Å². The van der Waals surface area contributed by atoms with Crippen LogP contribution >= 0.6 is 0 Å². The second-order valence-electron chi connectivity index (χ2n) is 10.1. The minimum Gasteiger partial charge on any atom is -0.203 e. The lowest BCUT2D eigenvalue weighted by Crippen LogP contribution is -2.12. The molecule has 0 heterocycles.